The van der Waals surface area contributed by atoms with Gasteiger partial charge in [0.1, 0.15) is 34.6 Å². The second-order valence-corrected chi connectivity index (χ2v) is 9.46. The van der Waals surface area contributed by atoms with Crippen molar-refractivity contribution in [1.82, 2.24) is 14.6 Å². The molecule has 0 fully saturated rings. The maximum atomic E-state index is 13.5. The molecule has 0 aliphatic carbocycles. The topological polar surface area (TPSA) is 93.8 Å². The van der Waals surface area contributed by atoms with Gasteiger partial charge >= 0.3 is 0 Å². The van der Waals surface area contributed by atoms with Crippen molar-refractivity contribution in [3.05, 3.63) is 100 Å². The van der Waals surface area contributed by atoms with E-state index in [9.17, 15) is 9.59 Å². The first-order chi connectivity index (χ1) is 17.1. The predicted octanol–water partition coefficient (Wildman–Crippen LogP) is 5.00. The summed E-state index contributed by atoms with van der Waals surface area (Å²) in [6.07, 6.45) is 5.01. The number of nitrogens with zero attached hydrogens (tertiary/aromatic N) is 4. The lowest BCUT2D eigenvalue weighted by molar-refractivity contribution is -0.134. The van der Waals surface area contributed by atoms with E-state index in [1.54, 1.807) is 30.7 Å². The summed E-state index contributed by atoms with van der Waals surface area (Å²) < 4.78 is 12.4. The maximum absolute atomic E-state index is 13.5. The molecule has 6 rings (SSSR count). The highest BCUT2D eigenvalue weighted by Gasteiger charge is 2.36. The van der Waals surface area contributed by atoms with Crippen LogP contribution < -0.4 is 5.56 Å². The Labute approximate surface area is 203 Å². The minimum absolute atomic E-state index is 0.197. The third-order valence-electron chi connectivity index (χ3n) is 6.07. The lowest BCUT2D eigenvalue weighted by atomic mass is 10.0. The van der Waals surface area contributed by atoms with Gasteiger partial charge in [0.25, 0.3) is 11.5 Å². The van der Waals surface area contributed by atoms with Crippen LogP contribution >= 0.6 is 11.3 Å². The minimum atomic E-state index is -0.423. The molecule has 5 aromatic rings. The molecule has 0 radical (unpaired) electrons. The van der Waals surface area contributed by atoms with E-state index in [0.29, 0.717) is 33.9 Å². The van der Waals surface area contributed by atoms with E-state index in [2.05, 4.69) is 10.1 Å². The number of benzene rings is 1. The van der Waals surface area contributed by atoms with Crippen molar-refractivity contribution in [2.45, 2.75) is 25.9 Å². The fourth-order valence-corrected chi connectivity index (χ4v) is 5.46. The second kappa shape index (κ2) is 8.52. The third-order valence-corrected chi connectivity index (χ3v) is 7.08. The molecular weight excluding hydrogens is 464 g/mol. The SMILES string of the molecule is Cc1sc2ncn(CC(=O)N3N=C(c4ccco4)CC3c3ccco3)c(=O)c2c1-c1ccccc1. The lowest BCUT2D eigenvalue weighted by Crippen LogP contribution is -2.34. The number of hydrazone groups is 1. The van der Waals surface area contributed by atoms with Gasteiger partial charge in [-0.1, -0.05) is 30.3 Å². The zero-order valence-corrected chi connectivity index (χ0v) is 19.6. The number of rotatable bonds is 5. The molecule has 8 nitrogen and oxygen atoms in total. The third kappa shape index (κ3) is 3.70. The van der Waals surface area contributed by atoms with Crippen LogP contribution in [-0.2, 0) is 11.3 Å². The van der Waals surface area contributed by atoms with Crippen molar-refractivity contribution < 1.29 is 13.6 Å². The molecule has 1 unspecified atom stereocenters. The Morgan fingerprint density at radius 3 is 2.63 bits per heavy atom. The van der Waals surface area contributed by atoms with Crippen LogP contribution in [0.15, 0.2) is 92.2 Å². The van der Waals surface area contributed by atoms with Gasteiger partial charge in [0.15, 0.2) is 0 Å². The normalized spacial score (nSPS) is 15.6. The van der Waals surface area contributed by atoms with Crippen LogP contribution in [0, 0.1) is 6.92 Å². The first-order valence-electron chi connectivity index (χ1n) is 11.1. The fraction of sp³-hybridized carbons (Fsp3) is 0.154. The molecule has 0 saturated heterocycles. The van der Waals surface area contributed by atoms with Crippen LogP contribution in [-0.4, -0.2) is 26.2 Å². The number of thiophene rings is 1. The van der Waals surface area contributed by atoms with E-state index in [4.69, 9.17) is 8.83 Å². The molecule has 0 bridgehead atoms. The van der Waals surface area contributed by atoms with Gasteiger partial charge in [-0.05, 0) is 36.8 Å². The highest BCUT2D eigenvalue weighted by atomic mass is 32.1. The van der Waals surface area contributed by atoms with Gasteiger partial charge < -0.3 is 8.83 Å². The Bertz CT molecular complexity index is 1600. The van der Waals surface area contributed by atoms with E-state index in [1.807, 2.05) is 43.3 Å². The van der Waals surface area contributed by atoms with Crippen LogP contribution in [0.3, 0.4) is 0 Å². The van der Waals surface area contributed by atoms with Crippen molar-refractivity contribution in [3.63, 3.8) is 0 Å². The Kier molecular flexibility index (Phi) is 5.18. The number of amides is 1. The molecule has 35 heavy (non-hydrogen) atoms. The van der Waals surface area contributed by atoms with E-state index in [1.165, 1.54) is 27.2 Å². The van der Waals surface area contributed by atoms with E-state index >= 15 is 0 Å². The number of carbonyl (C=O) groups excluding carboxylic acids is 1. The van der Waals surface area contributed by atoms with Crippen LogP contribution in [0.4, 0.5) is 0 Å². The van der Waals surface area contributed by atoms with Crippen LogP contribution in [0.25, 0.3) is 21.3 Å². The average Bonchev–Trinajstić information content (AvgIpc) is 3.66. The lowest BCUT2D eigenvalue weighted by Gasteiger charge is -2.20. The smallest absolute Gasteiger partial charge is 0.263 e. The van der Waals surface area contributed by atoms with Gasteiger partial charge in [-0.3, -0.25) is 14.2 Å². The van der Waals surface area contributed by atoms with E-state index in [0.717, 1.165) is 16.0 Å². The van der Waals surface area contributed by atoms with Crippen molar-refractivity contribution in [2.24, 2.45) is 5.10 Å². The molecule has 4 aromatic heterocycles. The molecule has 174 valence electrons. The maximum Gasteiger partial charge on any atom is 0.263 e. The molecule has 1 aliphatic rings. The van der Waals surface area contributed by atoms with Crippen LogP contribution in [0.5, 0.6) is 0 Å². The number of furan rings is 2. The molecule has 9 heteroatoms. The highest BCUT2D eigenvalue weighted by Crippen LogP contribution is 2.36. The van der Waals surface area contributed by atoms with Crippen molar-refractivity contribution in [1.29, 1.82) is 0 Å². The Morgan fingerprint density at radius 1 is 1.09 bits per heavy atom. The molecule has 1 aromatic carbocycles. The second-order valence-electron chi connectivity index (χ2n) is 8.25. The van der Waals surface area contributed by atoms with Crippen LogP contribution in [0.1, 0.15) is 28.9 Å². The van der Waals surface area contributed by atoms with Crippen molar-refractivity contribution >= 4 is 33.2 Å². The number of carbonyl (C=O) groups is 1. The van der Waals surface area contributed by atoms with E-state index < -0.39 is 6.04 Å². The predicted molar refractivity (Wildman–Crippen MR) is 132 cm³/mol. The molecule has 1 amide bonds. The molecule has 1 atom stereocenters. The number of hydrogen-bond donors (Lipinski definition) is 0. The van der Waals surface area contributed by atoms with Gasteiger partial charge in [-0.15, -0.1) is 11.3 Å². The first-order valence-corrected chi connectivity index (χ1v) is 11.9. The molecule has 0 N–H and O–H groups in total. The highest BCUT2D eigenvalue weighted by molar-refractivity contribution is 7.19. The summed E-state index contributed by atoms with van der Waals surface area (Å²) in [4.78, 5) is 33.1. The Morgan fingerprint density at radius 2 is 1.89 bits per heavy atom. The van der Waals surface area contributed by atoms with Gasteiger partial charge in [0, 0.05) is 16.9 Å². The van der Waals surface area contributed by atoms with Gasteiger partial charge in [-0.2, -0.15) is 5.10 Å². The van der Waals surface area contributed by atoms with Gasteiger partial charge in [0.05, 0.1) is 24.2 Å². The molecule has 1 aliphatic heterocycles. The summed E-state index contributed by atoms with van der Waals surface area (Å²) >= 11 is 1.47. The number of hydrogen-bond acceptors (Lipinski definition) is 7. The number of aryl methyl sites for hydroxylation is 1. The summed E-state index contributed by atoms with van der Waals surface area (Å²) in [6, 6.07) is 16.5. The molecule has 0 saturated carbocycles. The monoisotopic (exact) mass is 484 g/mol. The zero-order chi connectivity index (χ0) is 23.9. The number of aromatic nitrogens is 2. The quantitative estimate of drug-likeness (QED) is 0.350. The minimum Gasteiger partial charge on any atom is -0.467 e. The summed E-state index contributed by atoms with van der Waals surface area (Å²) in [5.74, 6) is 0.868. The molecular formula is C26H20N4O4S. The van der Waals surface area contributed by atoms with Gasteiger partial charge in [-0.25, -0.2) is 9.99 Å². The van der Waals surface area contributed by atoms with Crippen LogP contribution in [0.2, 0.25) is 0 Å². The summed E-state index contributed by atoms with van der Waals surface area (Å²) in [5, 5.41) is 6.44. The standard InChI is InChI=1S/C26H20N4O4S/c1-16-23(17-7-3-2-4-8-17)24-25(35-16)27-15-29(26(24)32)14-22(31)30-19(21-10-6-12-34-21)13-18(28-30)20-9-5-11-33-20/h2-12,15,19H,13-14H2,1H3. The first kappa shape index (κ1) is 21.3. The zero-order valence-electron chi connectivity index (χ0n) is 18.7. The average molecular weight is 485 g/mol. The fourth-order valence-electron chi connectivity index (χ4n) is 4.46. The summed E-state index contributed by atoms with van der Waals surface area (Å²) in [5.41, 5.74) is 2.20. The Hall–Kier alpha value is -4.24. The van der Waals surface area contributed by atoms with Crippen molar-refractivity contribution in [2.75, 3.05) is 0 Å². The summed E-state index contributed by atoms with van der Waals surface area (Å²) in [7, 11) is 0. The summed E-state index contributed by atoms with van der Waals surface area (Å²) in [6.45, 7) is 1.78. The largest absolute Gasteiger partial charge is 0.467 e. The van der Waals surface area contributed by atoms with Gasteiger partial charge in [0.2, 0.25) is 0 Å². The van der Waals surface area contributed by atoms with Crippen molar-refractivity contribution in [3.8, 4) is 11.1 Å². The Balaban J connectivity index is 1.37. The molecule has 5 heterocycles. The molecule has 0 spiro atoms. The number of fused-ring (bicyclic) bond motifs is 1. The van der Waals surface area contributed by atoms with E-state index in [-0.39, 0.29) is 18.0 Å².